The smallest absolute Gasteiger partial charge is 0.238 e. The predicted octanol–water partition coefficient (Wildman–Crippen LogP) is 0.726. The van der Waals surface area contributed by atoms with E-state index in [-0.39, 0.29) is 24.4 Å². The quantitative estimate of drug-likeness (QED) is 0.713. The molecule has 4 N–H and O–H groups in total. The number of amides is 2. The second-order valence-corrected chi connectivity index (χ2v) is 5.25. The monoisotopic (exact) mass is 290 g/mol. The zero-order chi connectivity index (χ0) is 15.4. The van der Waals surface area contributed by atoms with Gasteiger partial charge in [-0.1, -0.05) is 13.0 Å². The van der Waals surface area contributed by atoms with Gasteiger partial charge in [0.05, 0.1) is 12.6 Å². The fraction of sp³-hybridized carbons (Fsp3) is 0.467. The average molecular weight is 290 g/mol. The number of nitrogens with one attached hydrogen (secondary N) is 2. The first-order chi connectivity index (χ1) is 10.0. The van der Waals surface area contributed by atoms with E-state index in [0.717, 1.165) is 11.3 Å². The molecule has 1 aromatic carbocycles. The van der Waals surface area contributed by atoms with E-state index < -0.39 is 0 Å². The number of benzene rings is 1. The highest BCUT2D eigenvalue weighted by Gasteiger charge is 2.29. The van der Waals surface area contributed by atoms with Crippen molar-refractivity contribution in [1.29, 1.82) is 0 Å². The molecule has 0 bridgehead atoms. The van der Waals surface area contributed by atoms with Crippen LogP contribution < -0.4 is 16.4 Å². The first-order valence-corrected chi connectivity index (χ1v) is 7.19. The minimum Gasteiger partial charge on any atom is -0.398 e. The van der Waals surface area contributed by atoms with Crippen molar-refractivity contribution in [3.8, 4) is 0 Å². The molecule has 6 nitrogen and oxygen atoms in total. The Hall–Kier alpha value is -2.08. The molecule has 2 rings (SSSR count). The maximum Gasteiger partial charge on any atom is 0.238 e. The van der Waals surface area contributed by atoms with Crippen molar-refractivity contribution >= 4 is 23.2 Å². The Bertz CT molecular complexity index is 544. The standard InChI is InChI=1S/C15H22N4O2/c1-3-13-15(21)17-7-8-19(13)9-14(20)18-12-6-4-5-11(16)10(12)2/h4-6,13H,3,7-9,16H2,1-2H3,(H,17,21)(H,18,20). The van der Waals surface area contributed by atoms with Gasteiger partial charge in [-0.2, -0.15) is 0 Å². The van der Waals surface area contributed by atoms with Crippen molar-refractivity contribution in [3.05, 3.63) is 23.8 Å². The Morgan fingerprint density at radius 2 is 2.29 bits per heavy atom. The number of hydrogen-bond donors (Lipinski definition) is 3. The van der Waals surface area contributed by atoms with Crippen LogP contribution in [0.15, 0.2) is 18.2 Å². The Labute approximate surface area is 124 Å². The molecule has 0 saturated carbocycles. The van der Waals surface area contributed by atoms with Crippen LogP contribution in [0.3, 0.4) is 0 Å². The third kappa shape index (κ3) is 3.52. The van der Waals surface area contributed by atoms with Gasteiger partial charge in [0.15, 0.2) is 0 Å². The highest BCUT2D eigenvalue weighted by molar-refractivity contribution is 5.94. The van der Waals surface area contributed by atoms with Crippen molar-refractivity contribution in [3.63, 3.8) is 0 Å². The maximum absolute atomic E-state index is 12.2. The third-order valence-corrected chi connectivity index (χ3v) is 3.82. The van der Waals surface area contributed by atoms with Gasteiger partial charge >= 0.3 is 0 Å². The molecule has 1 aromatic rings. The van der Waals surface area contributed by atoms with Crippen LogP contribution in [-0.4, -0.2) is 42.4 Å². The van der Waals surface area contributed by atoms with Crippen LogP contribution in [0, 0.1) is 6.92 Å². The van der Waals surface area contributed by atoms with Crippen LogP contribution in [0.1, 0.15) is 18.9 Å². The molecule has 0 spiro atoms. The number of hydrogen-bond acceptors (Lipinski definition) is 4. The van der Waals surface area contributed by atoms with Crippen LogP contribution in [0.2, 0.25) is 0 Å². The minimum absolute atomic E-state index is 0.00307. The van der Waals surface area contributed by atoms with E-state index in [9.17, 15) is 9.59 Å². The van der Waals surface area contributed by atoms with Crippen LogP contribution in [-0.2, 0) is 9.59 Å². The summed E-state index contributed by atoms with van der Waals surface area (Å²) in [6.45, 7) is 5.30. The number of carbonyl (C=O) groups excluding carboxylic acids is 2. The summed E-state index contributed by atoms with van der Waals surface area (Å²) in [5.74, 6) is -0.131. The van der Waals surface area contributed by atoms with Crippen LogP contribution >= 0.6 is 0 Å². The van der Waals surface area contributed by atoms with Crippen LogP contribution in [0.4, 0.5) is 11.4 Å². The molecule has 21 heavy (non-hydrogen) atoms. The molecule has 1 aliphatic heterocycles. The lowest BCUT2D eigenvalue weighted by atomic mass is 10.1. The SMILES string of the molecule is CCC1C(=O)NCCN1CC(=O)Nc1cccc(N)c1C. The van der Waals surface area contributed by atoms with Gasteiger partial charge < -0.3 is 16.4 Å². The molecule has 0 aliphatic carbocycles. The van der Waals surface area contributed by atoms with Gasteiger partial charge in [-0.25, -0.2) is 0 Å². The average Bonchev–Trinajstić information content (AvgIpc) is 2.44. The molecule has 0 aromatic heterocycles. The number of piperazine rings is 1. The lowest BCUT2D eigenvalue weighted by molar-refractivity contribution is -0.130. The molecule has 1 saturated heterocycles. The van der Waals surface area contributed by atoms with Crippen molar-refractivity contribution in [2.24, 2.45) is 0 Å². The summed E-state index contributed by atoms with van der Waals surface area (Å²) < 4.78 is 0. The molecule has 1 fully saturated rings. The Morgan fingerprint density at radius 3 is 3.00 bits per heavy atom. The van der Waals surface area contributed by atoms with Gasteiger partial charge in [-0.3, -0.25) is 14.5 Å². The summed E-state index contributed by atoms with van der Waals surface area (Å²) in [5.41, 5.74) is 8.05. The molecule has 1 unspecified atom stereocenters. The number of carbonyl (C=O) groups is 2. The highest BCUT2D eigenvalue weighted by Crippen LogP contribution is 2.20. The third-order valence-electron chi connectivity index (χ3n) is 3.82. The summed E-state index contributed by atoms with van der Waals surface area (Å²) in [7, 11) is 0. The normalized spacial score (nSPS) is 19.1. The fourth-order valence-corrected chi connectivity index (χ4v) is 2.56. The van der Waals surface area contributed by atoms with E-state index in [2.05, 4.69) is 10.6 Å². The summed E-state index contributed by atoms with van der Waals surface area (Å²) in [6.07, 6.45) is 0.691. The van der Waals surface area contributed by atoms with Gasteiger partial charge in [-0.05, 0) is 31.0 Å². The van der Waals surface area contributed by atoms with Gasteiger partial charge in [0.25, 0.3) is 0 Å². The lowest BCUT2D eigenvalue weighted by Crippen LogP contribution is -2.56. The first kappa shape index (κ1) is 15.3. The Kier molecular flexibility index (Phi) is 4.80. The topological polar surface area (TPSA) is 87.5 Å². The summed E-state index contributed by atoms with van der Waals surface area (Å²) >= 11 is 0. The minimum atomic E-state index is -0.230. The van der Waals surface area contributed by atoms with E-state index in [4.69, 9.17) is 5.73 Å². The first-order valence-electron chi connectivity index (χ1n) is 7.19. The van der Waals surface area contributed by atoms with E-state index in [1.54, 1.807) is 12.1 Å². The predicted molar refractivity (Wildman–Crippen MR) is 82.9 cm³/mol. The summed E-state index contributed by atoms with van der Waals surface area (Å²) in [5, 5.41) is 5.69. The number of anilines is 2. The molecule has 1 aliphatic rings. The number of nitrogens with two attached hydrogens (primary N) is 1. The van der Waals surface area contributed by atoms with Gasteiger partial charge in [-0.15, -0.1) is 0 Å². The second-order valence-electron chi connectivity index (χ2n) is 5.25. The largest absolute Gasteiger partial charge is 0.398 e. The van der Waals surface area contributed by atoms with E-state index in [1.165, 1.54) is 0 Å². The number of nitrogen functional groups attached to an aromatic ring is 1. The summed E-state index contributed by atoms with van der Waals surface area (Å²) in [6, 6.07) is 5.20. The lowest BCUT2D eigenvalue weighted by Gasteiger charge is -2.33. The van der Waals surface area contributed by atoms with Gasteiger partial charge in [0, 0.05) is 24.5 Å². The molecular formula is C15H22N4O2. The van der Waals surface area contributed by atoms with Crippen molar-refractivity contribution in [1.82, 2.24) is 10.2 Å². The summed E-state index contributed by atoms with van der Waals surface area (Å²) in [4.78, 5) is 25.9. The second kappa shape index (κ2) is 6.58. The molecule has 114 valence electrons. The number of nitrogens with zero attached hydrogens (tertiary/aromatic N) is 1. The maximum atomic E-state index is 12.2. The van der Waals surface area contributed by atoms with E-state index >= 15 is 0 Å². The zero-order valence-electron chi connectivity index (χ0n) is 12.5. The fourth-order valence-electron chi connectivity index (χ4n) is 2.56. The molecule has 0 radical (unpaired) electrons. The van der Waals surface area contributed by atoms with Crippen molar-refractivity contribution in [2.45, 2.75) is 26.3 Å². The van der Waals surface area contributed by atoms with Crippen molar-refractivity contribution < 1.29 is 9.59 Å². The highest BCUT2D eigenvalue weighted by atomic mass is 16.2. The Morgan fingerprint density at radius 1 is 1.52 bits per heavy atom. The molecular weight excluding hydrogens is 268 g/mol. The zero-order valence-corrected chi connectivity index (χ0v) is 12.5. The van der Waals surface area contributed by atoms with Gasteiger partial charge in [0.2, 0.25) is 11.8 Å². The van der Waals surface area contributed by atoms with Crippen LogP contribution in [0.5, 0.6) is 0 Å². The van der Waals surface area contributed by atoms with E-state index in [0.29, 0.717) is 25.2 Å². The van der Waals surface area contributed by atoms with E-state index in [1.807, 2.05) is 24.8 Å². The molecule has 2 amide bonds. The van der Waals surface area contributed by atoms with Crippen molar-refractivity contribution in [2.75, 3.05) is 30.7 Å². The molecule has 1 heterocycles. The van der Waals surface area contributed by atoms with Gasteiger partial charge in [0.1, 0.15) is 0 Å². The van der Waals surface area contributed by atoms with Crippen LogP contribution in [0.25, 0.3) is 0 Å². The molecule has 6 heteroatoms. The molecule has 1 atom stereocenters. The Balaban J connectivity index is 2.01. The number of rotatable bonds is 4.